The molecule has 1 saturated heterocycles. The van der Waals surface area contributed by atoms with E-state index < -0.39 is 0 Å². The predicted octanol–water partition coefficient (Wildman–Crippen LogP) is 4.76. The summed E-state index contributed by atoms with van der Waals surface area (Å²) >= 11 is 3.46. The van der Waals surface area contributed by atoms with Gasteiger partial charge in [0, 0.05) is 47.7 Å². The third-order valence-electron chi connectivity index (χ3n) is 5.11. The van der Waals surface area contributed by atoms with Crippen molar-refractivity contribution < 1.29 is 5.11 Å². The van der Waals surface area contributed by atoms with Crippen LogP contribution < -0.4 is 9.80 Å². The number of anilines is 2. The molecule has 0 aliphatic carbocycles. The molecule has 1 fully saturated rings. The van der Waals surface area contributed by atoms with Gasteiger partial charge in [0.25, 0.3) is 0 Å². The van der Waals surface area contributed by atoms with E-state index in [0.717, 1.165) is 48.3 Å². The molecule has 5 rings (SSSR count). The van der Waals surface area contributed by atoms with Gasteiger partial charge in [-0.05, 0) is 42.6 Å². The number of hydrogen-bond acceptors (Lipinski definition) is 7. The molecule has 0 saturated carbocycles. The Balaban J connectivity index is 1.47. The fourth-order valence-corrected chi connectivity index (χ4v) is 5.51. The van der Waals surface area contributed by atoms with Gasteiger partial charge in [-0.3, -0.25) is 0 Å². The summed E-state index contributed by atoms with van der Waals surface area (Å²) in [7, 11) is 0. The van der Waals surface area contributed by atoms with Crippen molar-refractivity contribution in [3.05, 3.63) is 53.0 Å². The van der Waals surface area contributed by atoms with Crippen LogP contribution in [0.3, 0.4) is 0 Å². The molecule has 5 nitrogen and oxygen atoms in total. The van der Waals surface area contributed by atoms with E-state index >= 15 is 0 Å². The summed E-state index contributed by atoms with van der Waals surface area (Å²) in [5.41, 5.74) is 2.39. The highest BCUT2D eigenvalue weighted by Gasteiger charge is 2.23. The number of aromatic nitrogens is 2. The minimum Gasteiger partial charge on any atom is -0.508 e. The molecule has 28 heavy (non-hydrogen) atoms. The number of thiophene rings is 2. The lowest BCUT2D eigenvalue weighted by Gasteiger charge is -2.37. The van der Waals surface area contributed by atoms with Gasteiger partial charge < -0.3 is 14.9 Å². The lowest BCUT2D eigenvalue weighted by molar-refractivity contribution is 0.475. The van der Waals surface area contributed by atoms with E-state index in [0.29, 0.717) is 5.75 Å². The Morgan fingerprint density at radius 1 is 0.929 bits per heavy atom. The Morgan fingerprint density at radius 2 is 1.68 bits per heavy atom. The minimum absolute atomic E-state index is 0.305. The molecule has 0 amide bonds. The number of fused-ring (bicyclic) bond motifs is 1. The number of nitrogens with zero attached hydrogens (tertiary/aromatic N) is 4. The van der Waals surface area contributed by atoms with Gasteiger partial charge >= 0.3 is 0 Å². The molecule has 1 aliphatic rings. The van der Waals surface area contributed by atoms with E-state index in [-0.39, 0.29) is 0 Å². The highest BCUT2D eigenvalue weighted by Crippen LogP contribution is 2.40. The third kappa shape index (κ3) is 3.10. The molecule has 4 heterocycles. The fraction of sp³-hybridized carbons (Fsp3) is 0.238. The number of piperazine rings is 1. The van der Waals surface area contributed by atoms with Crippen molar-refractivity contribution in [1.82, 2.24) is 9.97 Å². The first kappa shape index (κ1) is 17.5. The van der Waals surface area contributed by atoms with Crippen molar-refractivity contribution in [1.29, 1.82) is 0 Å². The molecular weight excluding hydrogens is 388 g/mol. The van der Waals surface area contributed by atoms with E-state index in [1.807, 2.05) is 19.1 Å². The molecule has 4 aromatic rings. The topological polar surface area (TPSA) is 52.5 Å². The zero-order chi connectivity index (χ0) is 19.1. The maximum atomic E-state index is 9.52. The first-order chi connectivity index (χ1) is 13.7. The van der Waals surface area contributed by atoms with E-state index in [4.69, 9.17) is 4.98 Å². The van der Waals surface area contributed by atoms with Crippen molar-refractivity contribution >= 4 is 44.4 Å². The molecule has 0 radical (unpaired) electrons. The molecule has 1 aromatic carbocycles. The summed E-state index contributed by atoms with van der Waals surface area (Å²) in [4.78, 5) is 16.6. The van der Waals surface area contributed by atoms with E-state index in [9.17, 15) is 5.11 Å². The largest absolute Gasteiger partial charge is 0.508 e. The van der Waals surface area contributed by atoms with Crippen LogP contribution in [0.15, 0.2) is 47.2 Å². The Labute approximate surface area is 171 Å². The molecule has 0 unspecified atom stereocenters. The van der Waals surface area contributed by atoms with Gasteiger partial charge in [0.2, 0.25) is 0 Å². The van der Waals surface area contributed by atoms with Crippen LogP contribution in [0.2, 0.25) is 0 Å². The second-order valence-corrected chi connectivity index (χ2v) is 8.70. The second kappa shape index (κ2) is 7.07. The summed E-state index contributed by atoms with van der Waals surface area (Å²) in [5.74, 6) is 2.18. The quantitative estimate of drug-likeness (QED) is 0.530. The fourth-order valence-electron chi connectivity index (χ4n) is 3.71. The van der Waals surface area contributed by atoms with Crippen LogP contribution in [-0.2, 0) is 0 Å². The molecule has 1 aliphatic heterocycles. The smallest absolute Gasteiger partial charge is 0.141 e. The van der Waals surface area contributed by atoms with Crippen LogP contribution >= 0.6 is 22.7 Å². The predicted molar refractivity (Wildman–Crippen MR) is 118 cm³/mol. The summed E-state index contributed by atoms with van der Waals surface area (Å²) in [6.07, 6.45) is 0. The van der Waals surface area contributed by atoms with Crippen LogP contribution in [0.1, 0.15) is 5.82 Å². The van der Waals surface area contributed by atoms with Crippen molar-refractivity contribution in [3.63, 3.8) is 0 Å². The molecular formula is C21H20N4OS2. The van der Waals surface area contributed by atoms with Crippen LogP contribution in [0.5, 0.6) is 5.75 Å². The maximum absolute atomic E-state index is 9.52. The normalized spacial score (nSPS) is 14.8. The monoisotopic (exact) mass is 408 g/mol. The van der Waals surface area contributed by atoms with Crippen LogP contribution in [-0.4, -0.2) is 41.3 Å². The summed E-state index contributed by atoms with van der Waals surface area (Å²) in [6, 6.07) is 11.7. The van der Waals surface area contributed by atoms with Gasteiger partial charge in [0.05, 0.1) is 5.39 Å². The Bertz CT molecular complexity index is 1100. The summed E-state index contributed by atoms with van der Waals surface area (Å²) in [6.45, 7) is 5.64. The number of rotatable bonds is 3. The lowest BCUT2D eigenvalue weighted by Crippen LogP contribution is -2.47. The standard InChI is InChI=1S/C21H20N4OS2/c1-14-22-20(19-17(13-28-21(19)23-14)18-3-2-12-27-18)25-10-8-24(9-11-25)15-4-6-16(26)7-5-15/h2-7,12-13,26H,8-11H2,1H3. The highest BCUT2D eigenvalue weighted by atomic mass is 32.1. The van der Waals surface area contributed by atoms with Crippen molar-refractivity contribution in [2.75, 3.05) is 36.0 Å². The van der Waals surface area contributed by atoms with Crippen LogP contribution in [0, 0.1) is 6.92 Å². The zero-order valence-corrected chi connectivity index (χ0v) is 17.1. The summed E-state index contributed by atoms with van der Waals surface area (Å²) < 4.78 is 0. The van der Waals surface area contributed by atoms with Gasteiger partial charge in [-0.2, -0.15) is 0 Å². The van der Waals surface area contributed by atoms with E-state index in [2.05, 4.69) is 37.7 Å². The zero-order valence-electron chi connectivity index (χ0n) is 15.5. The molecule has 3 aromatic heterocycles. The highest BCUT2D eigenvalue weighted by molar-refractivity contribution is 7.18. The minimum atomic E-state index is 0.305. The van der Waals surface area contributed by atoms with E-state index in [1.165, 1.54) is 15.8 Å². The number of benzene rings is 1. The number of phenols is 1. The van der Waals surface area contributed by atoms with Crippen LogP contribution in [0.4, 0.5) is 11.5 Å². The van der Waals surface area contributed by atoms with Crippen molar-refractivity contribution in [3.8, 4) is 16.2 Å². The number of hydrogen-bond donors (Lipinski definition) is 1. The van der Waals surface area contributed by atoms with Crippen molar-refractivity contribution in [2.45, 2.75) is 6.92 Å². The number of aromatic hydroxyl groups is 1. The van der Waals surface area contributed by atoms with Crippen LogP contribution in [0.25, 0.3) is 20.7 Å². The van der Waals surface area contributed by atoms with Gasteiger partial charge in [-0.25, -0.2) is 9.97 Å². The molecule has 7 heteroatoms. The van der Waals surface area contributed by atoms with E-state index in [1.54, 1.807) is 34.8 Å². The Morgan fingerprint density at radius 3 is 2.39 bits per heavy atom. The Kier molecular flexibility index (Phi) is 4.41. The van der Waals surface area contributed by atoms with Gasteiger partial charge in [0.15, 0.2) is 0 Å². The average molecular weight is 409 g/mol. The molecule has 1 N–H and O–H groups in total. The third-order valence-corrected chi connectivity index (χ3v) is 6.88. The van der Waals surface area contributed by atoms with Gasteiger partial charge in [-0.1, -0.05) is 6.07 Å². The summed E-state index contributed by atoms with van der Waals surface area (Å²) in [5, 5.41) is 15.0. The van der Waals surface area contributed by atoms with Gasteiger partial charge in [0.1, 0.15) is 22.2 Å². The maximum Gasteiger partial charge on any atom is 0.141 e. The number of phenolic OH excluding ortho intramolecular Hbond substituents is 1. The average Bonchev–Trinajstić information content (AvgIpc) is 3.37. The molecule has 142 valence electrons. The SMILES string of the molecule is Cc1nc(N2CCN(c3ccc(O)cc3)CC2)c2c(-c3cccs3)csc2n1. The molecule has 0 bridgehead atoms. The lowest BCUT2D eigenvalue weighted by atomic mass is 10.1. The molecule has 0 spiro atoms. The first-order valence-corrected chi connectivity index (χ1v) is 11.0. The first-order valence-electron chi connectivity index (χ1n) is 9.28. The Hall–Kier alpha value is -2.64. The van der Waals surface area contributed by atoms with Crippen molar-refractivity contribution in [2.24, 2.45) is 0 Å². The van der Waals surface area contributed by atoms with Gasteiger partial charge in [-0.15, -0.1) is 22.7 Å². The molecule has 0 atom stereocenters. The number of aryl methyl sites for hydroxylation is 1. The second-order valence-electron chi connectivity index (χ2n) is 6.89.